The lowest BCUT2D eigenvalue weighted by atomic mass is 9.98. The van der Waals surface area contributed by atoms with Crippen LogP contribution in [0.25, 0.3) is 22.5 Å². The Balaban J connectivity index is 1.63. The van der Waals surface area contributed by atoms with Gasteiger partial charge in [0.15, 0.2) is 5.15 Å². The van der Waals surface area contributed by atoms with Crippen LogP contribution in [0.3, 0.4) is 0 Å². The Morgan fingerprint density at radius 2 is 1.87 bits per heavy atom. The summed E-state index contributed by atoms with van der Waals surface area (Å²) in [5, 5.41) is 22.5. The molecule has 0 aliphatic carbocycles. The number of unbranched alkanes of at least 4 members (excludes halogenated alkanes) is 1. The topological polar surface area (TPSA) is 96.1 Å². The number of aromatic nitrogens is 6. The van der Waals surface area contributed by atoms with E-state index in [1.807, 2.05) is 28.8 Å². The predicted octanol–water partition coefficient (Wildman–Crippen LogP) is 4.77. The Hall–Kier alpha value is -3.32. The number of aryl methyl sites for hydroxylation is 1. The molecule has 152 valence electrons. The van der Waals surface area contributed by atoms with Crippen molar-refractivity contribution in [2.75, 3.05) is 0 Å². The molecule has 0 bridgehead atoms. The largest absolute Gasteiger partial charge is 0.321 e. The van der Waals surface area contributed by atoms with Crippen LogP contribution >= 0.6 is 11.6 Å². The molecule has 7 nitrogen and oxygen atoms in total. The van der Waals surface area contributed by atoms with E-state index in [4.69, 9.17) is 17.0 Å². The maximum Gasteiger partial charge on any atom is 0.205 e. The van der Waals surface area contributed by atoms with Crippen molar-refractivity contribution >= 4 is 17.8 Å². The van der Waals surface area contributed by atoms with Gasteiger partial charge in [-0.1, -0.05) is 73.5 Å². The van der Waals surface area contributed by atoms with Gasteiger partial charge in [0.25, 0.3) is 0 Å². The fourth-order valence-corrected chi connectivity index (χ4v) is 3.75. The van der Waals surface area contributed by atoms with Crippen LogP contribution in [0.1, 0.15) is 36.8 Å². The number of nitrogens with one attached hydrogen (secondary N) is 2. The van der Waals surface area contributed by atoms with Crippen molar-refractivity contribution in [3.63, 3.8) is 0 Å². The van der Waals surface area contributed by atoms with Crippen LogP contribution in [0.2, 0.25) is 5.15 Å². The van der Waals surface area contributed by atoms with E-state index in [2.05, 4.69) is 56.8 Å². The summed E-state index contributed by atoms with van der Waals surface area (Å²) in [5.41, 5.74) is 4.80. The van der Waals surface area contributed by atoms with Gasteiger partial charge in [-0.2, -0.15) is 5.21 Å². The minimum absolute atomic E-state index is 0.391. The molecule has 0 spiro atoms. The summed E-state index contributed by atoms with van der Waals surface area (Å²) in [5.74, 6) is 1.49. The Morgan fingerprint density at radius 1 is 1.10 bits per heavy atom. The Labute approximate surface area is 179 Å². The maximum absolute atomic E-state index is 7.73. The van der Waals surface area contributed by atoms with E-state index in [1.165, 1.54) is 6.21 Å². The quantitative estimate of drug-likeness (QED) is 0.402. The van der Waals surface area contributed by atoms with Gasteiger partial charge in [-0.05, 0) is 28.3 Å². The van der Waals surface area contributed by atoms with Gasteiger partial charge in [-0.15, -0.1) is 10.2 Å². The van der Waals surface area contributed by atoms with E-state index >= 15 is 0 Å². The number of benzene rings is 2. The van der Waals surface area contributed by atoms with Gasteiger partial charge in [-0.25, -0.2) is 4.98 Å². The third kappa shape index (κ3) is 4.02. The van der Waals surface area contributed by atoms with Crippen molar-refractivity contribution in [1.29, 1.82) is 5.41 Å². The van der Waals surface area contributed by atoms with Crippen molar-refractivity contribution in [2.45, 2.75) is 32.7 Å². The Kier molecular flexibility index (Phi) is 5.99. The molecule has 0 saturated heterocycles. The van der Waals surface area contributed by atoms with E-state index in [9.17, 15) is 0 Å². The van der Waals surface area contributed by atoms with Crippen LogP contribution in [0.5, 0.6) is 0 Å². The summed E-state index contributed by atoms with van der Waals surface area (Å²) < 4.78 is 2.03. The molecule has 4 aromatic rings. The van der Waals surface area contributed by atoms with E-state index in [0.717, 1.165) is 47.3 Å². The summed E-state index contributed by atoms with van der Waals surface area (Å²) in [7, 11) is 0. The average Bonchev–Trinajstić information content (AvgIpc) is 3.41. The molecule has 0 saturated carbocycles. The molecule has 0 atom stereocenters. The first-order valence-corrected chi connectivity index (χ1v) is 10.3. The second-order valence-corrected chi connectivity index (χ2v) is 7.37. The summed E-state index contributed by atoms with van der Waals surface area (Å²) in [6.07, 6.45) is 4.25. The third-order valence-corrected chi connectivity index (χ3v) is 5.33. The van der Waals surface area contributed by atoms with E-state index in [1.54, 1.807) is 0 Å². The zero-order chi connectivity index (χ0) is 20.9. The Morgan fingerprint density at radius 3 is 2.53 bits per heavy atom. The lowest BCUT2D eigenvalue weighted by molar-refractivity contribution is 0.676. The lowest BCUT2D eigenvalue weighted by Gasteiger charge is -2.12. The number of H-pyrrole nitrogens is 1. The van der Waals surface area contributed by atoms with Gasteiger partial charge in [0.2, 0.25) is 5.82 Å². The number of aromatic amines is 1. The van der Waals surface area contributed by atoms with Crippen molar-refractivity contribution in [2.24, 2.45) is 0 Å². The third-order valence-electron chi connectivity index (χ3n) is 5.05. The van der Waals surface area contributed by atoms with Crippen LogP contribution in [-0.2, 0) is 13.0 Å². The molecule has 30 heavy (non-hydrogen) atoms. The minimum atomic E-state index is 0.391. The van der Waals surface area contributed by atoms with Crippen LogP contribution in [-0.4, -0.2) is 36.4 Å². The summed E-state index contributed by atoms with van der Waals surface area (Å²) in [6.45, 7) is 2.77. The minimum Gasteiger partial charge on any atom is -0.321 e. The van der Waals surface area contributed by atoms with Crippen molar-refractivity contribution < 1.29 is 0 Å². The first kappa shape index (κ1) is 20.0. The van der Waals surface area contributed by atoms with E-state index in [-0.39, 0.29) is 0 Å². The van der Waals surface area contributed by atoms with Crippen LogP contribution in [0, 0.1) is 5.41 Å². The lowest BCUT2D eigenvalue weighted by Crippen LogP contribution is -2.08. The summed E-state index contributed by atoms with van der Waals surface area (Å²) in [6, 6.07) is 16.3. The number of tetrazole rings is 1. The molecule has 2 aromatic heterocycles. The molecular weight excluding hydrogens is 398 g/mol. The number of halogens is 1. The van der Waals surface area contributed by atoms with Gasteiger partial charge >= 0.3 is 0 Å². The van der Waals surface area contributed by atoms with Crippen LogP contribution in [0.4, 0.5) is 0 Å². The normalized spacial score (nSPS) is 11.0. The number of nitrogens with zero attached hydrogens (tertiary/aromatic N) is 5. The first-order chi connectivity index (χ1) is 14.7. The zero-order valence-electron chi connectivity index (χ0n) is 16.6. The summed E-state index contributed by atoms with van der Waals surface area (Å²) >= 11 is 6.26. The first-order valence-electron chi connectivity index (χ1n) is 9.88. The van der Waals surface area contributed by atoms with Gasteiger partial charge < -0.3 is 9.98 Å². The molecule has 2 N–H and O–H groups in total. The van der Waals surface area contributed by atoms with E-state index < -0.39 is 0 Å². The molecule has 0 amide bonds. The zero-order valence-corrected chi connectivity index (χ0v) is 17.4. The number of hydrogen-bond acceptors (Lipinski definition) is 5. The Bertz CT molecular complexity index is 1130. The highest BCUT2D eigenvalue weighted by molar-refractivity contribution is 6.31. The van der Waals surface area contributed by atoms with Crippen LogP contribution in [0.15, 0.2) is 48.5 Å². The molecule has 8 heteroatoms. The molecule has 2 aromatic carbocycles. The van der Waals surface area contributed by atoms with E-state index in [0.29, 0.717) is 23.2 Å². The highest BCUT2D eigenvalue weighted by Gasteiger charge is 2.15. The molecule has 0 radical (unpaired) electrons. The highest BCUT2D eigenvalue weighted by Crippen LogP contribution is 2.30. The average molecular weight is 420 g/mol. The molecular formula is C22H22ClN7. The fourth-order valence-electron chi connectivity index (χ4n) is 3.50. The second-order valence-electron chi connectivity index (χ2n) is 7.02. The van der Waals surface area contributed by atoms with Gasteiger partial charge in [-0.3, -0.25) is 0 Å². The van der Waals surface area contributed by atoms with Gasteiger partial charge in [0.1, 0.15) is 5.82 Å². The molecule has 0 aliphatic heterocycles. The fraction of sp³-hybridized carbons (Fsp3) is 0.227. The monoisotopic (exact) mass is 419 g/mol. The summed E-state index contributed by atoms with van der Waals surface area (Å²) in [4.78, 5) is 4.47. The highest BCUT2D eigenvalue weighted by atomic mass is 35.5. The molecule has 0 unspecified atom stereocenters. The molecule has 0 aliphatic rings. The molecule has 4 rings (SSSR count). The standard InChI is InChI=1S/C22H22ClN7/c1-2-3-8-20-25-21(23)19(13-24)30(20)14-15-9-11-16(12-10-15)17-6-4-5-7-18(17)22-26-28-29-27-22/h4-7,9-13,24H,2-3,8,14H2,1H3,(H,26,27,28,29). The number of rotatable bonds is 8. The molecule has 2 heterocycles. The second kappa shape index (κ2) is 9.00. The SMILES string of the molecule is CCCCc1nc(Cl)c(C=N)n1Cc1ccc(-c2ccccc2-c2nn[nH]n2)cc1. The van der Waals surface area contributed by atoms with Crippen molar-refractivity contribution in [3.8, 4) is 22.5 Å². The van der Waals surface area contributed by atoms with Gasteiger partial charge in [0.05, 0.1) is 5.69 Å². The number of hydrogen-bond donors (Lipinski definition) is 2. The van der Waals surface area contributed by atoms with Crippen molar-refractivity contribution in [3.05, 3.63) is 70.8 Å². The smallest absolute Gasteiger partial charge is 0.205 e. The van der Waals surface area contributed by atoms with Crippen LogP contribution < -0.4 is 0 Å². The van der Waals surface area contributed by atoms with Crippen molar-refractivity contribution in [1.82, 2.24) is 30.2 Å². The number of imidazole rings is 1. The molecule has 0 fully saturated rings. The van der Waals surface area contributed by atoms with Gasteiger partial charge in [0, 0.05) is 24.7 Å². The predicted molar refractivity (Wildman–Crippen MR) is 118 cm³/mol. The maximum atomic E-state index is 7.73.